The maximum Gasteiger partial charge on any atom is 0.232 e. The van der Waals surface area contributed by atoms with Crippen molar-refractivity contribution in [3.8, 4) is 11.5 Å². The third-order valence-electron chi connectivity index (χ3n) is 9.15. The van der Waals surface area contributed by atoms with Gasteiger partial charge in [0.15, 0.2) is 11.5 Å². The molecule has 1 N–H and O–H groups in total. The van der Waals surface area contributed by atoms with Crippen LogP contribution in [0.1, 0.15) is 68.3 Å². The van der Waals surface area contributed by atoms with Gasteiger partial charge in [-0.25, -0.2) is 0 Å². The Morgan fingerprint density at radius 3 is 2.37 bits per heavy atom. The Bertz CT molecular complexity index is 1450. The first kappa shape index (κ1) is 29.9. The van der Waals surface area contributed by atoms with Crippen LogP contribution in [0, 0.1) is 0 Å². The van der Waals surface area contributed by atoms with Gasteiger partial charge in [0.2, 0.25) is 5.91 Å². The number of anilines is 1. The summed E-state index contributed by atoms with van der Waals surface area (Å²) in [6.07, 6.45) is 3.37. The summed E-state index contributed by atoms with van der Waals surface area (Å²) in [5.41, 5.74) is 3.41. The molecule has 3 aromatic rings. The van der Waals surface area contributed by atoms with E-state index in [1.165, 1.54) is 0 Å². The molecule has 0 aliphatic carbocycles. The summed E-state index contributed by atoms with van der Waals surface area (Å²) in [6, 6.07) is 19.4. The molecular weight excluding hydrogens is 564 g/mol. The topological polar surface area (TPSA) is 71.5 Å². The van der Waals surface area contributed by atoms with Crippen molar-refractivity contribution >= 4 is 23.2 Å². The maximum absolute atomic E-state index is 13.9. The minimum Gasteiger partial charge on any atom is -0.493 e. The SMILES string of the molecule is COc1cc2c(cc1OC(C)C)[C@H](c1ccc(Cl)cc1)N(c1ccc([C@@](C)(O)C3CCCCN3C3COC3)cc1)C(=O)C2. The summed E-state index contributed by atoms with van der Waals surface area (Å²) in [6.45, 7) is 8.32. The van der Waals surface area contributed by atoms with Crippen LogP contribution in [0.25, 0.3) is 0 Å². The van der Waals surface area contributed by atoms with Gasteiger partial charge in [0.1, 0.15) is 5.60 Å². The lowest BCUT2D eigenvalue weighted by atomic mass is 9.81. The van der Waals surface area contributed by atoms with E-state index in [4.69, 9.17) is 25.8 Å². The molecule has 7 nitrogen and oxygen atoms in total. The number of amides is 1. The lowest BCUT2D eigenvalue weighted by Crippen LogP contribution is -2.60. The van der Waals surface area contributed by atoms with Crippen molar-refractivity contribution in [1.82, 2.24) is 4.90 Å². The van der Waals surface area contributed by atoms with E-state index in [9.17, 15) is 9.90 Å². The van der Waals surface area contributed by atoms with Crippen LogP contribution in [0.5, 0.6) is 11.5 Å². The number of methoxy groups -OCH3 is 1. The molecule has 6 rings (SSSR count). The van der Waals surface area contributed by atoms with Crippen molar-refractivity contribution < 1.29 is 24.1 Å². The highest BCUT2D eigenvalue weighted by Crippen LogP contribution is 2.44. The van der Waals surface area contributed by atoms with Crippen LogP contribution in [0.2, 0.25) is 5.02 Å². The van der Waals surface area contributed by atoms with Crippen LogP contribution < -0.4 is 14.4 Å². The molecule has 1 unspecified atom stereocenters. The molecule has 0 bridgehead atoms. The van der Waals surface area contributed by atoms with Gasteiger partial charge in [0.05, 0.1) is 44.9 Å². The number of rotatable bonds is 8. The molecule has 8 heteroatoms. The second kappa shape index (κ2) is 12.1. The Labute approximate surface area is 259 Å². The summed E-state index contributed by atoms with van der Waals surface area (Å²) < 4.78 is 17.3. The zero-order valence-electron chi connectivity index (χ0n) is 25.4. The number of nitrogens with zero attached hydrogens (tertiary/aromatic N) is 2. The zero-order valence-corrected chi connectivity index (χ0v) is 26.1. The molecule has 43 heavy (non-hydrogen) atoms. The number of benzene rings is 3. The van der Waals surface area contributed by atoms with E-state index in [0.29, 0.717) is 22.6 Å². The number of piperidine rings is 1. The Morgan fingerprint density at radius 2 is 1.74 bits per heavy atom. The lowest BCUT2D eigenvalue weighted by molar-refractivity contribution is -0.133. The summed E-state index contributed by atoms with van der Waals surface area (Å²) in [5.74, 6) is 1.24. The number of likely N-dealkylation sites (tertiary alicyclic amines) is 1. The summed E-state index contributed by atoms with van der Waals surface area (Å²) in [5, 5.41) is 12.6. The number of carbonyl (C=O) groups excluding carboxylic acids is 1. The van der Waals surface area contributed by atoms with Crippen LogP contribution in [0.3, 0.4) is 0 Å². The molecule has 1 amide bonds. The van der Waals surface area contributed by atoms with Crippen LogP contribution in [0.4, 0.5) is 5.69 Å². The number of hydrogen-bond acceptors (Lipinski definition) is 6. The summed E-state index contributed by atoms with van der Waals surface area (Å²) >= 11 is 6.27. The van der Waals surface area contributed by atoms with Gasteiger partial charge in [-0.05, 0) is 98.8 Å². The van der Waals surface area contributed by atoms with Crippen LogP contribution in [-0.4, -0.2) is 61.0 Å². The molecule has 3 aliphatic rings. The normalized spacial score (nSPS) is 22.6. The molecule has 2 fully saturated rings. The van der Waals surface area contributed by atoms with Gasteiger partial charge in [0.25, 0.3) is 0 Å². The van der Waals surface area contributed by atoms with Gasteiger partial charge < -0.3 is 24.2 Å². The molecular formula is C35H41ClN2O5. The van der Waals surface area contributed by atoms with E-state index in [-0.39, 0.29) is 24.5 Å². The van der Waals surface area contributed by atoms with Crippen molar-refractivity contribution in [2.45, 2.75) is 76.3 Å². The van der Waals surface area contributed by atoms with Gasteiger partial charge in [-0.2, -0.15) is 0 Å². The average molecular weight is 605 g/mol. The third kappa shape index (κ3) is 5.76. The fraction of sp³-hybridized carbons (Fsp3) is 0.457. The van der Waals surface area contributed by atoms with Gasteiger partial charge in [-0.1, -0.05) is 42.3 Å². The predicted octanol–water partition coefficient (Wildman–Crippen LogP) is 6.28. The molecule has 228 valence electrons. The summed E-state index contributed by atoms with van der Waals surface area (Å²) in [7, 11) is 1.62. The number of ether oxygens (including phenoxy) is 3. The Balaban J connectivity index is 1.38. The minimum atomic E-state index is -1.04. The zero-order chi connectivity index (χ0) is 30.3. The largest absolute Gasteiger partial charge is 0.493 e. The monoisotopic (exact) mass is 604 g/mol. The standard InChI is InChI=1S/C35H41ClN2O5/c1-22(2)43-31-19-29-24(17-30(31)41-4)18-33(39)38(34(29)23-8-12-26(36)13-9-23)27-14-10-25(11-15-27)35(3,40)32-7-5-6-16-37(32)28-20-42-21-28/h8-15,17,19,22,28,32,34,40H,5-7,16,18,20-21H2,1-4H3/t32?,34-,35+/m0/s1. The first-order chi connectivity index (χ1) is 20.7. The first-order valence-electron chi connectivity index (χ1n) is 15.3. The van der Waals surface area contributed by atoms with Crippen molar-refractivity contribution in [2.24, 2.45) is 0 Å². The minimum absolute atomic E-state index is 0.0145. The number of fused-ring (bicyclic) bond motifs is 1. The van der Waals surface area contributed by atoms with Crippen molar-refractivity contribution in [1.29, 1.82) is 0 Å². The molecule has 0 aromatic heterocycles. The molecule has 3 aromatic carbocycles. The van der Waals surface area contributed by atoms with Crippen molar-refractivity contribution in [3.63, 3.8) is 0 Å². The Hall–Kier alpha value is -3.10. The number of carbonyl (C=O) groups is 1. The van der Waals surface area contributed by atoms with Gasteiger partial charge in [-0.15, -0.1) is 0 Å². The molecule has 3 heterocycles. The average Bonchev–Trinajstić information content (AvgIpc) is 2.96. The third-order valence-corrected chi connectivity index (χ3v) is 9.40. The second-order valence-electron chi connectivity index (χ2n) is 12.4. The molecule has 0 spiro atoms. The van der Waals surface area contributed by atoms with E-state index in [1.807, 2.05) is 86.3 Å². The number of aliphatic hydroxyl groups is 1. The van der Waals surface area contributed by atoms with Crippen LogP contribution >= 0.6 is 11.6 Å². The maximum atomic E-state index is 13.9. The molecule has 0 radical (unpaired) electrons. The molecule has 3 atom stereocenters. The first-order valence-corrected chi connectivity index (χ1v) is 15.7. The highest BCUT2D eigenvalue weighted by molar-refractivity contribution is 6.30. The van der Waals surface area contributed by atoms with E-state index >= 15 is 0 Å². The van der Waals surface area contributed by atoms with Crippen molar-refractivity contribution in [2.75, 3.05) is 31.8 Å². The van der Waals surface area contributed by atoms with Gasteiger partial charge in [-0.3, -0.25) is 9.69 Å². The fourth-order valence-corrected chi connectivity index (χ4v) is 7.02. The molecule has 0 saturated carbocycles. The highest BCUT2D eigenvalue weighted by atomic mass is 35.5. The van der Waals surface area contributed by atoms with Gasteiger partial charge >= 0.3 is 0 Å². The quantitative estimate of drug-likeness (QED) is 0.327. The smallest absolute Gasteiger partial charge is 0.232 e. The Kier molecular flexibility index (Phi) is 8.44. The van der Waals surface area contributed by atoms with Crippen LogP contribution in [-0.2, 0) is 21.6 Å². The second-order valence-corrected chi connectivity index (χ2v) is 12.8. The Morgan fingerprint density at radius 1 is 1.02 bits per heavy atom. The number of halogens is 1. The van der Waals surface area contributed by atoms with E-state index in [2.05, 4.69) is 4.90 Å². The summed E-state index contributed by atoms with van der Waals surface area (Å²) in [4.78, 5) is 18.2. The van der Waals surface area contributed by atoms with Crippen molar-refractivity contribution in [3.05, 3.63) is 87.9 Å². The number of hydrogen-bond donors (Lipinski definition) is 1. The predicted molar refractivity (Wildman–Crippen MR) is 168 cm³/mol. The molecule has 3 aliphatic heterocycles. The lowest BCUT2D eigenvalue weighted by Gasteiger charge is -2.49. The van der Waals surface area contributed by atoms with Gasteiger partial charge in [0, 0.05) is 16.8 Å². The van der Waals surface area contributed by atoms with E-state index in [0.717, 1.165) is 67.0 Å². The molecule has 2 saturated heterocycles. The fourth-order valence-electron chi connectivity index (χ4n) is 6.89. The van der Waals surface area contributed by atoms with E-state index < -0.39 is 11.6 Å². The highest BCUT2D eigenvalue weighted by Gasteiger charge is 2.43. The van der Waals surface area contributed by atoms with E-state index in [1.54, 1.807) is 7.11 Å². The van der Waals surface area contributed by atoms with Crippen LogP contribution in [0.15, 0.2) is 60.7 Å².